The van der Waals surface area contributed by atoms with Crippen molar-refractivity contribution in [3.63, 3.8) is 0 Å². The van der Waals surface area contributed by atoms with Crippen LogP contribution in [0.4, 0.5) is 0 Å². The molecule has 1 aromatic heterocycles. The molecule has 1 aromatic rings. The van der Waals surface area contributed by atoms with E-state index in [2.05, 4.69) is 16.9 Å². The van der Waals surface area contributed by atoms with Gasteiger partial charge in [0.1, 0.15) is 4.90 Å². The van der Waals surface area contributed by atoms with Gasteiger partial charge in [-0.3, -0.25) is 9.58 Å². The summed E-state index contributed by atoms with van der Waals surface area (Å²) >= 11 is 0. The van der Waals surface area contributed by atoms with E-state index in [1.54, 1.807) is 22.2 Å². The number of aryl methyl sites for hydroxylation is 1. The lowest BCUT2D eigenvalue weighted by molar-refractivity contribution is 0.106. The van der Waals surface area contributed by atoms with Crippen LogP contribution in [0, 0.1) is 0 Å². The molecule has 7 heteroatoms. The van der Waals surface area contributed by atoms with Crippen LogP contribution < -0.4 is 0 Å². The maximum absolute atomic E-state index is 12.8. The van der Waals surface area contributed by atoms with Crippen molar-refractivity contribution >= 4 is 10.0 Å². The Labute approximate surface area is 120 Å². The van der Waals surface area contributed by atoms with Crippen molar-refractivity contribution in [2.45, 2.75) is 43.2 Å². The SMILES string of the molecule is CC[C@@H]1CN2CCC[C@@H]2CN1S(=O)(=O)c1cnn(C)c1. The average Bonchev–Trinajstić information content (AvgIpc) is 3.05. The number of hydrogen-bond acceptors (Lipinski definition) is 4. The molecule has 0 bridgehead atoms. The average molecular weight is 298 g/mol. The Hall–Kier alpha value is -0.920. The van der Waals surface area contributed by atoms with Gasteiger partial charge in [-0.1, -0.05) is 6.92 Å². The maximum atomic E-state index is 12.8. The van der Waals surface area contributed by atoms with E-state index in [1.807, 2.05) is 0 Å². The number of nitrogens with zero attached hydrogens (tertiary/aromatic N) is 4. The molecule has 20 heavy (non-hydrogen) atoms. The van der Waals surface area contributed by atoms with E-state index in [-0.39, 0.29) is 6.04 Å². The largest absolute Gasteiger partial charge is 0.297 e. The Morgan fingerprint density at radius 3 is 2.85 bits per heavy atom. The van der Waals surface area contributed by atoms with Crippen LogP contribution in [0.5, 0.6) is 0 Å². The lowest BCUT2D eigenvalue weighted by Gasteiger charge is -2.42. The third-order valence-electron chi connectivity index (χ3n) is 4.50. The van der Waals surface area contributed by atoms with Crippen molar-refractivity contribution in [3.8, 4) is 0 Å². The first-order valence-electron chi connectivity index (χ1n) is 7.27. The normalized spacial score (nSPS) is 28.7. The number of aromatic nitrogens is 2. The summed E-state index contributed by atoms with van der Waals surface area (Å²) in [5, 5.41) is 4.00. The van der Waals surface area contributed by atoms with E-state index < -0.39 is 10.0 Å². The second kappa shape index (κ2) is 5.13. The van der Waals surface area contributed by atoms with Gasteiger partial charge in [-0.05, 0) is 25.8 Å². The lowest BCUT2D eigenvalue weighted by atomic mass is 10.1. The molecule has 2 fully saturated rings. The summed E-state index contributed by atoms with van der Waals surface area (Å²) < 4.78 is 28.9. The molecular weight excluding hydrogens is 276 g/mol. The van der Waals surface area contributed by atoms with Crippen LogP contribution in [-0.4, -0.2) is 59.1 Å². The van der Waals surface area contributed by atoms with Crippen molar-refractivity contribution in [3.05, 3.63) is 12.4 Å². The zero-order valence-corrected chi connectivity index (χ0v) is 12.9. The van der Waals surface area contributed by atoms with Gasteiger partial charge in [-0.15, -0.1) is 0 Å². The van der Waals surface area contributed by atoms with Crippen LogP contribution in [0.25, 0.3) is 0 Å². The molecule has 0 aromatic carbocycles. The molecule has 0 amide bonds. The monoisotopic (exact) mass is 298 g/mol. The summed E-state index contributed by atoms with van der Waals surface area (Å²) in [6.45, 7) is 4.66. The third kappa shape index (κ3) is 2.27. The van der Waals surface area contributed by atoms with E-state index in [0.29, 0.717) is 17.5 Å². The molecular formula is C13H22N4O2S. The highest BCUT2D eigenvalue weighted by Gasteiger charge is 2.41. The van der Waals surface area contributed by atoms with Crippen molar-refractivity contribution in [2.24, 2.45) is 7.05 Å². The van der Waals surface area contributed by atoms with Gasteiger partial charge in [-0.2, -0.15) is 9.40 Å². The van der Waals surface area contributed by atoms with Crippen molar-refractivity contribution in [1.29, 1.82) is 0 Å². The van der Waals surface area contributed by atoms with E-state index in [0.717, 1.165) is 25.9 Å². The van der Waals surface area contributed by atoms with E-state index in [1.165, 1.54) is 12.6 Å². The Kier molecular flexibility index (Phi) is 3.60. The van der Waals surface area contributed by atoms with Gasteiger partial charge < -0.3 is 0 Å². The highest BCUT2D eigenvalue weighted by molar-refractivity contribution is 7.89. The zero-order chi connectivity index (χ0) is 14.3. The highest BCUT2D eigenvalue weighted by atomic mass is 32.2. The molecule has 2 atom stereocenters. The molecule has 2 aliphatic rings. The van der Waals surface area contributed by atoms with Gasteiger partial charge in [0.05, 0.1) is 6.20 Å². The van der Waals surface area contributed by atoms with Crippen LogP contribution in [0.15, 0.2) is 17.3 Å². The fourth-order valence-electron chi connectivity index (χ4n) is 3.36. The lowest BCUT2D eigenvalue weighted by Crippen LogP contribution is -2.57. The fraction of sp³-hybridized carbons (Fsp3) is 0.769. The summed E-state index contributed by atoms with van der Waals surface area (Å²) in [5.41, 5.74) is 0. The number of hydrogen-bond donors (Lipinski definition) is 0. The Balaban J connectivity index is 1.90. The Morgan fingerprint density at radius 2 is 2.20 bits per heavy atom. The van der Waals surface area contributed by atoms with Crippen molar-refractivity contribution < 1.29 is 8.42 Å². The summed E-state index contributed by atoms with van der Waals surface area (Å²) in [7, 11) is -1.68. The first-order chi connectivity index (χ1) is 9.52. The first-order valence-corrected chi connectivity index (χ1v) is 8.71. The molecule has 3 rings (SSSR count). The van der Waals surface area contributed by atoms with Crippen LogP contribution in [0.2, 0.25) is 0 Å². The Morgan fingerprint density at radius 1 is 1.40 bits per heavy atom. The van der Waals surface area contributed by atoms with Crippen LogP contribution >= 0.6 is 0 Å². The van der Waals surface area contributed by atoms with E-state index in [9.17, 15) is 8.42 Å². The van der Waals surface area contributed by atoms with E-state index in [4.69, 9.17) is 0 Å². The topological polar surface area (TPSA) is 58.4 Å². The molecule has 0 spiro atoms. The minimum absolute atomic E-state index is 0.0783. The van der Waals surface area contributed by atoms with Crippen LogP contribution in [0.1, 0.15) is 26.2 Å². The number of sulfonamides is 1. The minimum Gasteiger partial charge on any atom is -0.297 e. The third-order valence-corrected chi connectivity index (χ3v) is 6.37. The predicted octanol–water partition coefficient (Wildman–Crippen LogP) is 0.667. The molecule has 0 aliphatic carbocycles. The van der Waals surface area contributed by atoms with Crippen molar-refractivity contribution in [2.75, 3.05) is 19.6 Å². The van der Waals surface area contributed by atoms with Crippen LogP contribution in [0.3, 0.4) is 0 Å². The van der Waals surface area contributed by atoms with Gasteiger partial charge in [0.15, 0.2) is 0 Å². The molecule has 3 heterocycles. The standard InChI is InChI=1S/C13H22N4O2S/c1-3-11-8-16-6-4-5-12(16)9-17(11)20(18,19)13-7-14-15(2)10-13/h7,10-12H,3-6,8-9H2,1-2H3/t11-,12-/m1/s1. The van der Waals surface area contributed by atoms with Gasteiger partial charge in [0.25, 0.3) is 0 Å². The highest BCUT2D eigenvalue weighted by Crippen LogP contribution is 2.29. The predicted molar refractivity (Wildman–Crippen MR) is 75.8 cm³/mol. The molecule has 0 radical (unpaired) electrons. The molecule has 0 N–H and O–H groups in total. The summed E-state index contributed by atoms with van der Waals surface area (Å²) in [6, 6.07) is 0.471. The fourth-order valence-corrected chi connectivity index (χ4v) is 5.07. The second-order valence-corrected chi connectivity index (χ2v) is 7.67. The Bertz CT molecular complexity index is 583. The molecule has 2 saturated heterocycles. The summed E-state index contributed by atoms with van der Waals surface area (Å²) in [6.07, 6.45) is 6.17. The maximum Gasteiger partial charge on any atom is 0.246 e. The van der Waals surface area contributed by atoms with E-state index >= 15 is 0 Å². The molecule has 0 saturated carbocycles. The van der Waals surface area contributed by atoms with Gasteiger partial charge in [-0.25, -0.2) is 8.42 Å². The number of fused-ring (bicyclic) bond motifs is 1. The molecule has 6 nitrogen and oxygen atoms in total. The number of piperazine rings is 1. The summed E-state index contributed by atoms with van der Waals surface area (Å²) in [4.78, 5) is 2.76. The molecule has 2 aliphatic heterocycles. The summed E-state index contributed by atoms with van der Waals surface area (Å²) in [5.74, 6) is 0. The smallest absolute Gasteiger partial charge is 0.246 e. The van der Waals surface area contributed by atoms with Crippen molar-refractivity contribution in [1.82, 2.24) is 19.0 Å². The number of rotatable bonds is 3. The zero-order valence-electron chi connectivity index (χ0n) is 12.1. The van der Waals surface area contributed by atoms with Gasteiger partial charge >= 0.3 is 0 Å². The quantitative estimate of drug-likeness (QED) is 0.823. The second-order valence-electron chi connectivity index (χ2n) is 5.78. The molecule has 112 valence electrons. The van der Waals surface area contributed by atoms with Gasteiger partial charge in [0.2, 0.25) is 10.0 Å². The molecule has 0 unspecified atom stereocenters. The first kappa shape index (κ1) is 14.0. The van der Waals surface area contributed by atoms with Crippen LogP contribution in [-0.2, 0) is 17.1 Å². The van der Waals surface area contributed by atoms with Gasteiger partial charge in [0, 0.05) is 38.4 Å². The minimum atomic E-state index is -3.42.